The van der Waals surface area contributed by atoms with Crippen LogP contribution in [0.2, 0.25) is 0 Å². The van der Waals surface area contributed by atoms with E-state index in [-0.39, 0.29) is 12.4 Å². The summed E-state index contributed by atoms with van der Waals surface area (Å²) in [6, 6.07) is 4.45. The quantitative estimate of drug-likeness (QED) is 0.809. The van der Waals surface area contributed by atoms with Crippen LogP contribution in [0.1, 0.15) is 0 Å². The van der Waals surface area contributed by atoms with Crippen molar-refractivity contribution in [3.05, 3.63) is 40.1 Å². The van der Waals surface area contributed by atoms with Gasteiger partial charge in [-0.25, -0.2) is 4.39 Å². The number of hydrogen-bond donors (Lipinski definition) is 0. The Labute approximate surface area is 89.3 Å². The zero-order valence-electron chi connectivity index (χ0n) is 6.69. The molecule has 0 aliphatic heterocycles. The first-order valence-electron chi connectivity index (χ1n) is 3.50. The summed E-state index contributed by atoms with van der Waals surface area (Å²) in [7, 11) is 0. The fourth-order valence-electron chi connectivity index (χ4n) is 0.744. The van der Waals surface area contributed by atoms with E-state index in [4.69, 9.17) is 16.3 Å². The maximum atomic E-state index is 13.0. The van der Waals surface area contributed by atoms with Crippen molar-refractivity contribution in [1.82, 2.24) is 0 Å². The monoisotopic (exact) mass is 264 g/mol. The molecule has 0 atom stereocenters. The van der Waals surface area contributed by atoms with E-state index in [2.05, 4.69) is 22.5 Å². The van der Waals surface area contributed by atoms with Gasteiger partial charge >= 0.3 is 0 Å². The molecule has 0 amide bonds. The number of ether oxygens (including phenoxy) is 1. The fourth-order valence-corrected chi connectivity index (χ4v) is 1.14. The van der Waals surface area contributed by atoms with Crippen molar-refractivity contribution < 1.29 is 9.13 Å². The lowest BCUT2D eigenvalue weighted by Gasteiger charge is -2.05. The SMILES string of the molecule is C=C(Cl)COc1cc(Br)ccc1F. The number of halogens is 3. The maximum Gasteiger partial charge on any atom is 0.165 e. The van der Waals surface area contributed by atoms with Crippen LogP contribution in [0.5, 0.6) is 5.75 Å². The van der Waals surface area contributed by atoms with Crippen molar-refractivity contribution >= 4 is 27.5 Å². The van der Waals surface area contributed by atoms with Gasteiger partial charge in [0, 0.05) is 9.51 Å². The van der Waals surface area contributed by atoms with Gasteiger partial charge in [-0.05, 0) is 18.2 Å². The van der Waals surface area contributed by atoms with Gasteiger partial charge in [0.25, 0.3) is 0 Å². The van der Waals surface area contributed by atoms with Gasteiger partial charge in [-0.1, -0.05) is 34.1 Å². The smallest absolute Gasteiger partial charge is 0.165 e. The van der Waals surface area contributed by atoms with Crippen LogP contribution < -0.4 is 4.74 Å². The molecular formula is C9H7BrClFO. The third kappa shape index (κ3) is 3.36. The maximum absolute atomic E-state index is 13.0. The lowest BCUT2D eigenvalue weighted by atomic mass is 10.3. The molecular weight excluding hydrogens is 258 g/mol. The Morgan fingerprint density at radius 2 is 2.31 bits per heavy atom. The summed E-state index contributed by atoms with van der Waals surface area (Å²) in [5, 5.41) is 0.333. The molecule has 1 rings (SSSR count). The van der Waals surface area contributed by atoms with Gasteiger partial charge in [-0.3, -0.25) is 0 Å². The van der Waals surface area contributed by atoms with Crippen LogP contribution in [-0.4, -0.2) is 6.61 Å². The summed E-state index contributed by atoms with van der Waals surface area (Å²) in [5.41, 5.74) is 0. The minimum atomic E-state index is -0.416. The molecule has 0 aliphatic rings. The van der Waals surface area contributed by atoms with Gasteiger partial charge < -0.3 is 4.74 Å². The van der Waals surface area contributed by atoms with Crippen molar-refractivity contribution in [2.45, 2.75) is 0 Å². The number of rotatable bonds is 3. The highest BCUT2D eigenvalue weighted by molar-refractivity contribution is 9.10. The van der Waals surface area contributed by atoms with E-state index in [1.165, 1.54) is 12.1 Å². The average Bonchev–Trinajstić information content (AvgIpc) is 2.06. The third-order valence-electron chi connectivity index (χ3n) is 1.28. The van der Waals surface area contributed by atoms with Crippen LogP contribution in [0.25, 0.3) is 0 Å². The summed E-state index contributed by atoms with van der Waals surface area (Å²) in [4.78, 5) is 0. The average molecular weight is 266 g/mol. The third-order valence-corrected chi connectivity index (χ3v) is 1.88. The second-order valence-corrected chi connectivity index (χ2v) is 3.83. The highest BCUT2D eigenvalue weighted by atomic mass is 79.9. The van der Waals surface area contributed by atoms with E-state index in [0.29, 0.717) is 5.03 Å². The van der Waals surface area contributed by atoms with Crippen LogP contribution in [0, 0.1) is 5.82 Å². The zero-order chi connectivity index (χ0) is 9.84. The fraction of sp³-hybridized carbons (Fsp3) is 0.111. The normalized spacial score (nSPS) is 9.77. The highest BCUT2D eigenvalue weighted by Gasteiger charge is 2.03. The predicted molar refractivity (Wildman–Crippen MR) is 54.6 cm³/mol. The Balaban J connectivity index is 2.75. The van der Waals surface area contributed by atoms with E-state index in [0.717, 1.165) is 4.47 Å². The standard InChI is InChI=1S/C9H7BrClFO/c1-6(11)5-13-9-4-7(10)2-3-8(9)12/h2-4H,1,5H2. The molecule has 0 fully saturated rings. The Hall–Kier alpha value is -0.540. The van der Waals surface area contributed by atoms with Gasteiger partial charge in [0.15, 0.2) is 11.6 Å². The number of hydrogen-bond acceptors (Lipinski definition) is 1. The summed E-state index contributed by atoms with van der Waals surface area (Å²) in [6.07, 6.45) is 0. The topological polar surface area (TPSA) is 9.23 Å². The Morgan fingerprint density at radius 3 is 2.92 bits per heavy atom. The molecule has 0 spiro atoms. The van der Waals surface area contributed by atoms with Gasteiger partial charge in [-0.15, -0.1) is 0 Å². The van der Waals surface area contributed by atoms with Crippen LogP contribution in [0.3, 0.4) is 0 Å². The molecule has 4 heteroatoms. The lowest BCUT2D eigenvalue weighted by molar-refractivity contribution is 0.338. The molecule has 0 aliphatic carbocycles. The minimum absolute atomic E-state index is 0.106. The van der Waals surface area contributed by atoms with Crippen molar-refractivity contribution in [2.24, 2.45) is 0 Å². The van der Waals surface area contributed by atoms with Crippen LogP contribution in [0.15, 0.2) is 34.3 Å². The summed E-state index contributed by atoms with van der Waals surface area (Å²) >= 11 is 8.67. The summed E-state index contributed by atoms with van der Waals surface area (Å²) in [6.45, 7) is 3.53. The lowest BCUT2D eigenvalue weighted by Crippen LogP contribution is -1.98. The molecule has 1 aromatic rings. The summed E-state index contributed by atoms with van der Waals surface area (Å²) in [5.74, 6) is -0.253. The zero-order valence-corrected chi connectivity index (χ0v) is 9.03. The molecule has 0 saturated heterocycles. The van der Waals surface area contributed by atoms with Crippen molar-refractivity contribution in [1.29, 1.82) is 0 Å². The molecule has 0 radical (unpaired) electrons. The molecule has 1 aromatic carbocycles. The van der Waals surface area contributed by atoms with Crippen LogP contribution in [0.4, 0.5) is 4.39 Å². The van der Waals surface area contributed by atoms with Crippen LogP contribution in [-0.2, 0) is 0 Å². The molecule has 0 bridgehead atoms. The second kappa shape index (κ2) is 4.63. The van der Waals surface area contributed by atoms with E-state index in [9.17, 15) is 4.39 Å². The molecule has 0 saturated carbocycles. The largest absolute Gasteiger partial charge is 0.485 e. The van der Waals surface area contributed by atoms with Gasteiger partial charge in [0.2, 0.25) is 0 Å². The molecule has 0 N–H and O–H groups in total. The number of benzene rings is 1. The first kappa shape index (κ1) is 10.5. The van der Waals surface area contributed by atoms with Gasteiger partial charge in [-0.2, -0.15) is 0 Å². The van der Waals surface area contributed by atoms with E-state index < -0.39 is 5.82 Å². The van der Waals surface area contributed by atoms with E-state index >= 15 is 0 Å². The second-order valence-electron chi connectivity index (χ2n) is 2.38. The molecule has 1 nitrogen and oxygen atoms in total. The van der Waals surface area contributed by atoms with Crippen molar-refractivity contribution in [3.8, 4) is 5.75 Å². The van der Waals surface area contributed by atoms with E-state index in [1.807, 2.05) is 0 Å². The minimum Gasteiger partial charge on any atom is -0.485 e. The molecule has 0 unspecified atom stereocenters. The Kier molecular flexibility index (Phi) is 3.75. The molecule has 70 valence electrons. The van der Waals surface area contributed by atoms with Gasteiger partial charge in [0.1, 0.15) is 6.61 Å². The highest BCUT2D eigenvalue weighted by Crippen LogP contribution is 2.22. The first-order valence-corrected chi connectivity index (χ1v) is 4.68. The molecule has 0 heterocycles. The molecule has 13 heavy (non-hydrogen) atoms. The van der Waals surface area contributed by atoms with Crippen LogP contribution >= 0.6 is 27.5 Å². The van der Waals surface area contributed by atoms with E-state index in [1.54, 1.807) is 6.07 Å². The first-order chi connectivity index (χ1) is 6.09. The molecule has 0 aromatic heterocycles. The Morgan fingerprint density at radius 1 is 1.62 bits per heavy atom. The summed E-state index contributed by atoms with van der Waals surface area (Å²) < 4.78 is 18.8. The van der Waals surface area contributed by atoms with Gasteiger partial charge in [0.05, 0.1) is 0 Å². The Bertz CT molecular complexity index is 327. The predicted octanol–water partition coefficient (Wildman–Crippen LogP) is 3.72. The van der Waals surface area contributed by atoms with Crippen molar-refractivity contribution in [3.63, 3.8) is 0 Å². The van der Waals surface area contributed by atoms with Crippen molar-refractivity contribution in [2.75, 3.05) is 6.61 Å².